The topological polar surface area (TPSA) is 92.5 Å². The highest BCUT2D eigenvalue weighted by atomic mass is 16.5. The van der Waals surface area contributed by atoms with Gasteiger partial charge in [0.05, 0.1) is 0 Å². The van der Waals surface area contributed by atoms with Crippen LogP contribution in [0.1, 0.15) is 19.8 Å². The molecule has 1 atom stereocenters. The van der Waals surface area contributed by atoms with E-state index in [1.165, 1.54) is 0 Å². The second-order valence-corrected chi connectivity index (χ2v) is 3.07. The Morgan fingerprint density at radius 2 is 1.91 bits per heavy atom. The van der Waals surface area contributed by atoms with Gasteiger partial charge in [0.2, 0.25) is 0 Å². The first kappa shape index (κ1) is 10.8. The van der Waals surface area contributed by atoms with E-state index in [0.29, 0.717) is 13.0 Å². The van der Waals surface area contributed by atoms with E-state index in [1.807, 2.05) is 6.92 Å². The highest BCUT2D eigenvalue weighted by Gasteiger charge is 2.23. The van der Waals surface area contributed by atoms with Gasteiger partial charge in [0.1, 0.15) is 0 Å². The van der Waals surface area contributed by atoms with E-state index >= 15 is 0 Å². The fraction of sp³-hybridized carbons (Fsp3) is 1.00. The molecule has 0 aliphatic carbocycles. The minimum absolute atomic E-state index is 0.123. The lowest BCUT2D eigenvalue weighted by atomic mass is 9.98. The van der Waals surface area contributed by atoms with Crippen molar-refractivity contribution < 1.29 is 10.2 Å². The van der Waals surface area contributed by atoms with Gasteiger partial charge in [0.25, 0.3) is 0 Å². The number of hydrogen-bond acceptors (Lipinski definition) is 4. The molecule has 11 heavy (non-hydrogen) atoms. The van der Waals surface area contributed by atoms with Crippen LogP contribution in [0.2, 0.25) is 0 Å². The van der Waals surface area contributed by atoms with Crippen molar-refractivity contribution in [3.8, 4) is 0 Å². The van der Waals surface area contributed by atoms with Crippen molar-refractivity contribution in [2.45, 2.75) is 25.6 Å². The second-order valence-electron chi connectivity index (χ2n) is 3.07. The van der Waals surface area contributed by atoms with E-state index in [2.05, 4.69) is 0 Å². The Balaban J connectivity index is 3.64. The first-order valence-electron chi connectivity index (χ1n) is 3.86. The number of nitrogens with two attached hydrogens (primary N) is 2. The molecule has 0 rings (SSSR count). The Bertz CT molecular complexity index is 107. The summed E-state index contributed by atoms with van der Waals surface area (Å²) in [4.78, 5) is 0. The molecule has 1 unspecified atom stereocenters. The molecular formula is C7H18N2O2. The van der Waals surface area contributed by atoms with E-state index in [1.54, 1.807) is 0 Å². The van der Waals surface area contributed by atoms with Crippen molar-refractivity contribution in [3.63, 3.8) is 0 Å². The molecule has 0 aliphatic rings. The van der Waals surface area contributed by atoms with E-state index in [4.69, 9.17) is 21.7 Å². The van der Waals surface area contributed by atoms with Gasteiger partial charge in [0, 0.05) is 13.0 Å². The Morgan fingerprint density at radius 3 is 2.27 bits per heavy atom. The lowest BCUT2D eigenvalue weighted by molar-refractivity contribution is -0.164. The molecule has 0 radical (unpaired) electrons. The normalized spacial score (nSPS) is 15.0. The first-order chi connectivity index (χ1) is 5.02. The van der Waals surface area contributed by atoms with Gasteiger partial charge in [-0.1, -0.05) is 6.92 Å². The molecule has 0 aromatic carbocycles. The summed E-state index contributed by atoms with van der Waals surface area (Å²) >= 11 is 0. The summed E-state index contributed by atoms with van der Waals surface area (Å²) in [5.74, 6) is -1.51. The molecule has 4 heteroatoms. The monoisotopic (exact) mass is 162 g/mol. The molecule has 0 aromatic rings. The lowest BCUT2D eigenvalue weighted by Crippen LogP contribution is -2.39. The summed E-state index contributed by atoms with van der Waals surface area (Å²) in [5.41, 5.74) is 10.4. The summed E-state index contributed by atoms with van der Waals surface area (Å²) in [6, 6.07) is 0. The largest absolute Gasteiger partial charge is 0.365 e. The SMILES string of the molecule is CC(CCN)CC(O)(O)CN. The minimum Gasteiger partial charge on any atom is -0.365 e. The predicted molar refractivity (Wildman–Crippen MR) is 43.7 cm³/mol. The van der Waals surface area contributed by atoms with Crippen LogP contribution in [0.15, 0.2) is 0 Å². The molecule has 4 nitrogen and oxygen atoms in total. The Morgan fingerprint density at radius 1 is 1.36 bits per heavy atom. The number of hydrogen-bond donors (Lipinski definition) is 4. The summed E-state index contributed by atoms with van der Waals surface area (Å²) in [7, 11) is 0. The van der Waals surface area contributed by atoms with Gasteiger partial charge in [-0.15, -0.1) is 0 Å². The van der Waals surface area contributed by atoms with Gasteiger partial charge in [-0.25, -0.2) is 0 Å². The standard InChI is InChI=1S/C7H18N2O2/c1-6(2-3-8)4-7(10,11)5-9/h6,10-11H,2-5,8-9H2,1H3. The van der Waals surface area contributed by atoms with Crippen LogP contribution in [0.5, 0.6) is 0 Å². The quantitative estimate of drug-likeness (QED) is 0.390. The molecule has 0 bridgehead atoms. The van der Waals surface area contributed by atoms with Crippen LogP contribution in [-0.2, 0) is 0 Å². The molecule has 68 valence electrons. The fourth-order valence-electron chi connectivity index (χ4n) is 1.03. The second kappa shape index (κ2) is 4.66. The van der Waals surface area contributed by atoms with Crippen LogP contribution < -0.4 is 11.5 Å². The molecule has 0 heterocycles. The highest BCUT2D eigenvalue weighted by molar-refractivity contribution is 4.69. The molecular weight excluding hydrogens is 144 g/mol. The Kier molecular flexibility index (Phi) is 4.60. The summed E-state index contributed by atoms with van der Waals surface area (Å²) in [6.07, 6.45) is 1.09. The van der Waals surface area contributed by atoms with Gasteiger partial charge in [0.15, 0.2) is 5.79 Å². The summed E-state index contributed by atoms with van der Waals surface area (Å²) < 4.78 is 0. The summed E-state index contributed by atoms with van der Waals surface area (Å²) in [5, 5.41) is 18.2. The third kappa shape index (κ3) is 5.15. The lowest BCUT2D eigenvalue weighted by Gasteiger charge is -2.23. The molecule has 0 fully saturated rings. The predicted octanol–water partition coefficient (Wildman–Crippen LogP) is -0.999. The van der Waals surface area contributed by atoms with Crippen LogP contribution >= 0.6 is 0 Å². The zero-order chi connectivity index (χ0) is 8.91. The van der Waals surface area contributed by atoms with Crippen LogP contribution in [0.4, 0.5) is 0 Å². The zero-order valence-electron chi connectivity index (χ0n) is 6.95. The van der Waals surface area contributed by atoms with Crippen molar-refractivity contribution in [3.05, 3.63) is 0 Å². The van der Waals surface area contributed by atoms with Crippen LogP contribution in [0.3, 0.4) is 0 Å². The van der Waals surface area contributed by atoms with Crippen LogP contribution in [0, 0.1) is 5.92 Å². The molecule has 0 aromatic heterocycles. The van der Waals surface area contributed by atoms with Crippen molar-refractivity contribution in [1.29, 1.82) is 0 Å². The molecule has 0 spiro atoms. The van der Waals surface area contributed by atoms with Crippen LogP contribution in [-0.4, -0.2) is 29.1 Å². The van der Waals surface area contributed by atoms with Gasteiger partial charge in [-0.2, -0.15) is 0 Å². The average molecular weight is 162 g/mol. The molecule has 0 amide bonds. The van der Waals surface area contributed by atoms with E-state index in [-0.39, 0.29) is 12.5 Å². The van der Waals surface area contributed by atoms with Gasteiger partial charge in [-0.3, -0.25) is 0 Å². The molecule has 0 saturated carbocycles. The number of aliphatic hydroxyl groups is 2. The van der Waals surface area contributed by atoms with E-state index in [9.17, 15) is 0 Å². The fourth-order valence-corrected chi connectivity index (χ4v) is 1.03. The van der Waals surface area contributed by atoms with Crippen molar-refractivity contribution in [2.75, 3.05) is 13.1 Å². The molecule has 6 N–H and O–H groups in total. The zero-order valence-corrected chi connectivity index (χ0v) is 6.95. The third-order valence-electron chi connectivity index (χ3n) is 1.66. The minimum atomic E-state index is -1.71. The summed E-state index contributed by atoms with van der Waals surface area (Å²) in [6.45, 7) is 2.37. The third-order valence-corrected chi connectivity index (χ3v) is 1.66. The first-order valence-corrected chi connectivity index (χ1v) is 3.86. The smallest absolute Gasteiger partial charge is 0.175 e. The maximum atomic E-state index is 9.11. The highest BCUT2D eigenvalue weighted by Crippen LogP contribution is 2.15. The van der Waals surface area contributed by atoms with Gasteiger partial charge in [-0.05, 0) is 18.9 Å². The van der Waals surface area contributed by atoms with E-state index < -0.39 is 5.79 Å². The molecule has 0 aliphatic heterocycles. The van der Waals surface area contributed by atoms with E-state index in [0.717, 1.165) is 6.42 Å². The van der Waals surface area contributed by atoms with Crippen molar-refractivity contribution >= 4 is 0 Å². The van der Waals surface area contributed by atoms with Gasteiger partial charge >= 0.3 is 0 Å². The Hall–Kier alpha value is -0.160. The van der Waals surface area contributed by atoms with Crippen molar-refractivity contribution in [2.24, 2.45) is 17.4 Å². The van der Waals surface area contributed by atoms with Crippen molar-refractivity contribution in [1.82, 2.24) is 0 Å². The maximum Gasteiger partial charge on any atom is 0.175 e. The van der Waals surface area contributed by atoms with Gasteiger partial charge < -0.3 is 21.7 Å². The number of rotatable bonds is 5. The van der Waals surface area contributed by atoms with Crippen LogP contribution in [0.25, 0.3) is 0 Å². The Labute approximate surface area is 67.2 Å². The molecule has 0 saturated heterocycles. The maximum absolute atomic E-state index is 9.11. The average Bonchev–Trinajstić information content (AvgIpc) is 1.87.